The number of nitrogens with two attached hydrogens (primary N) is 3. The number of nitrogens with zero attached hydrogens (tertiary/aromatic N) is 3. The Morgan fingerprint density at radius 2 is 1.48 bits per heavy atom. The second-order valence-corrected chi connectivity index (χ2v) is 16.7. The Morgan fingerprint density at radius 1 is 0.848 bits per heavy atom. The summed E-state index contributed by atoms with van der Waals surface area (Å²) in [6, 6.07) is 22.6. The van der Waals surface area contributed by atoms with Crippen molar-refractivity contribution in [2.24, 2.45) is 17.2 Å². The van der Waals surface area contributed by atoms with Gasteiger partial charge in [0.1, 0.15) is 54.9 Å². The molecule has 16 nitrogen and oxygen atoms in total. The molecule has 1 fully saturated rings. The molecular formula is C50H61N9O7. The van der Waals surface area contributed by atoms with Crippen molar-refractivity contribution in [3.8, 4) is 39.8 Å². The third kappa shape index (κ3) is 11.9. The molecule has 0 radical (unpaired) electrons. The molecule has 0 saturated carbocycles. The predicted octanol–water partition coefficient (Wildman–Crippen LogP) is 3.36. The Hall–Kier alpha value is -6.80. The van der Waals surface area contributed by atoms with Crippen LogP contribution in [0.15, 0.2) is 84.9 Å². The third-order valence-electron chi connectivity index (χ3n) is 11.8. The number of nitriles is 1. The Bertz CT molecular complexity index is 2400. The second kappa shape index (κ2) is 22.9. The van der Waals surface area contributed by atoms with Crippen LogP contribution in [0.3, 0.4) is 0 Å². The van der Waals surface area contributed by atoms with Gasteiger partial charge in [0.25, 0.3) is 5.91 Å². The van der Waals surface area contributed by atoms with Crippen LogP contribution < -0.4 is 42.6 Å². The molecule has 66 heavy (non-hydrogen) atoms. The molecule has 1 unspecified atom stereocenters. The van der Waals surface area contributed by atoms with Crippen molar-refractivity contribution in [2.75, 3.05) is 46.4 Å². The average molecular weight is 900 g/mol. The van der Waals surface area contributed by atoms with Crippen LogP contribution in [0.4, 0.5) is 0 Å². The number of nitrogens with one attached hydrogen (secondary N) is 3. The zero-order valence-electron chi connectivity index (χ0n) is 37.9. The Labute approximate surface area is 386 Å². The van der Waals surface area contributed by atoms with Gasteiger partial charge in [0.15, 0.2) is 0 Å². The van der Waals surface area contributed by atoms with E-state index in [4.69, 9.17) is 26.7 Å². The van der Waals surface area contributed by atoms with E-state index in [0.717, 1.165) is 30.4 Å². The van der Waals surface area contributed by atoms with Gasteiger partial charge in [0, 0.05) is 43.2 Å². The molecule has 4 bridgehead atoms. The van der Waals surface area contributed by atoms with Gasteiger partial charge in [-0.2, -0.15) is 5.26 Å². The lowest BCUT2D eigenvalue weighted by Crippen LogP contribution is -2.55. The number of benzene rings is 4. The summed E-state index contributed by atoms with van der Waals surface area (Å²) in [5, 5.41) is 18.0. The lowest BCUT2D eigenvalue weighted by molar-refractivity contribution is -0.141. The number of aryl methyl sites for hydroxylation is 1. The van der Waals surface area contributed by atoms with Gasteiger partial charge in [-0.05, 0) is 103 Å². The highest BCUT2D eigenvalue weighted by Crippen LogP contribution is 2.40. The highest BCUT2D eigenvalue weighted by Gasteiger charge is 2.43. The van der Waals surface area contributed by atoms with Gasteiger partial charge >= 0.3 is 0 Å². The van der Waals surface area contributed by atoms with Crippen LogP contribution in [-0.2, 0) is 32.0 Å². The van der Waals surface area contributed by atoms with Crippen LogP contribution in [0.1, 0.15) is 72.6 Å². The minimum atomic E-state index is -1.36. The smallest absolute Gasteiger partial charge is 0.251 e. The van der Waals surface area contributed by atoms with E-state index in [1.54, 1.807) is 42.5 Å². The van der Waals surface area contributed by atoms with Crippen molar-refractivity contribution in [1.29, 1.82) is 5.26 Å². The minimum Gasteiger partial charge on any atom is -0.492 e. The number of likely N-dealkylation sites (N-methyl/N-ethyl adjacent to an activating group) is 1. The normalized spacial score (nSPS) is 18.4. The van der Waals surface area contributed by atoms with E-state index in [1.165, 1.54) is 29.3 Å². The summed E-state index contributed by atoms with van der Waals surface area (Å²) in [6.45, 7) is 4.85. The molecule has 16 heteroatoms. The number of fused-ring (bicyclic) bond motifs is 5. The summed E-state index contributed by atoms with van der Waals surface area (Å²) in [5.41, 5.74) is 23.2. The van der Waals surface area contributed by atoms with Gasteiger partial charge in [-0.15, -0.1) is 0 Å². The number of hydrogen-bond acceptors (Lipinski definition) is 11. The van der Waals surface area contributed by atoms with Crippen molar-refractivity contribution >= 4 is 29.5 Å². The standard InChI is InChI=1S/C50H61N9O7/c1-4-5-7-32-9-12-34(13-10-32)35-14-16-36(17-15-35)47(61)56-41(8-6-21-51)49(63)58(3)45-37-18-20-44(66-25-23-53)40(28-37)39-26-33(11-19-43(39)65-24-22-52)27-42(50(64)59-30-38(59)29-54)57-46(60)31(2)55-48(45)62/h9-20,26,28,31,38,41-42,45H,4-8,21-25,27,30,51-53H2,1-3H3,(H,55,62)(H,56,61)(H,57,60)/t31-,38?,41-,42-,45-,59?/m0/s1. The molecule has 5 atom stereocenters. The molecule has 2 aliphatic heterocycles. The monoisotopic (exact) mass is 899 g/mol. The van der Waals surface area contributed by atoms with Gasteiger partial charge in [-0.1, -0.05) is 61.9 Å². The molecule has 9 N–H and O–H groups in total. The zero-order valence-corrected chi connectivity index (χ0v) is 37.9. The number of rotatable bonds is 18. The Kier molecular flexibility index (Phi) is 16.9. The Balaban J connectivity index is 1.36. The van der Waals surface area contributed by atoms with Crippen molar-refractivity contribution in [3.63, 3.8) is 0 Å². The fourth-order valence-corrected chi connectivity index (χ4v) is 8.02. The molecule has 6 rings (SSSR count). The van der Waals surface area contributed by atoms with Crippen molar-refractivity contribution in [3.05, 3.63) is 107 Å². The first kappa shape index (κ1) is 48.7. The maximum absolute atomic E-state index is 14.7. The van der Waals surface area contributed by atoms with Gasteiger partial charge < -0.3 is 52.4 Å². The Morgan fingerprint density at radius 3 is 2.09 bits per heavy atom. The van der Waals surface area contributed by atoms with Gasteiger partial charge in [-0.25, -0.2) is 0 Å². The maximum Gasteiger partial charge on any atom is 0.251 e. The first-order valence-corrected chi connectivity index (χ1v) is 22.6. The van der Waals surface area contributed by atoms with E-state index in [-0.39, 0.29) is 52.2 Å². The number of amides is 5. The van der Waals surface area contributed by atoms with Crippen LogP contribution in [0.25, 0.3) is 22.3 Å². The van der Waals surface area contributed by atoms with E-state index < -0.39 is 59.7 Å². The summed E-state index contributed by atoms with van der Waals surface area (Å²) in [6.07, 6.45) is 3.87. The number of unbranched alkanes of at least 4 members (excludes halogenated alkanes) is 1. The molecule has 0 aliphatic carbocycles. The molecular weight excluding hydrogens is 839 g/mol. The number of hydrogen-bond donors (Lipinski definition) is 6. The second-order valence-electron chi connectivity index (χ2n) is 16.7. The van der Waals surface area contributed by atoms with Crippen molar-refractivity contribution < 1.29 is 33.4 Å². The van der Waals surface area contributed by atoms with Gasteiger partial charge in [0.2, 0.25) is 23.6 Å². The highest BCUT2D eigenvalue weighted by molar-refractivity contribution is 6.00. The van der Waals surface area contributed by atoms with Crippen LogP contribution in [0, 0.1) is 11.3 Å². The highest BCUT2D eigenvalue weighted by atomic mass is 16.5. The fraction of sp³-hybridized carbons (Fsp3) is 0.400. The average Bonchev–Trinajstić information content (AvgIpc) is 4.13. The quantitative estimate of drug-likeness (QED) is 0.0791. The molecule has 348 valence electrons. The molecule has 0 aromatic heterocycles. The van der Waals surface area contributed by atoms with E-state index >= 15 is 0 Å². The molecule has 0 spiro atoms. The molecule has 5 amide bonds. The summed E-state index contributed by atoms with van der Waals surface area (Å²) in [4.78, 5) is 73.5. The van der Waals surface area contributed by atoms with E-state index in [1.807, 2.05) is 18.2 Å². The van der Waals surface area contributed by atoms with E-state index in [9.17, 15) is 29.2 Å². The summed E-state index contributed by atoms with van der Waals surface area (Å²) in [5.74, 6) is -2.05. The molecule has 2 aliphatic rings. The first-order chi connectivity index (χ1) is 31.9. The van der Waals surface area contributed by atoms with Crippen LogP contribution in [0.2, 0.25) is 0 Å². The SMILES string of the molecule is CCCCc1ccc(-c2ccc(C(=O)N[C@@H](CCCN)C(=O)N(C)[C@@H]3C(=O)N[C@@H](C)C(=O)N[C@H](C(=O)N4CC4C#N)Cc4ccc(OCCN)c(c4)-c4cc3ccc4OCCN)cc2)cc1. The summed E-state index contributed by atoms with van der Waals surface area (Å²) >= 11 is 0. The lowest BCUT2D eigenvalue weighted by Gasteiger charge is -2.32. The largest absolute Gasteiger partial charge is 0.492 e. The van der Waals surface area contributed by atoms with Gasteiger partial charge in [0.05, 0.1) is 12.6 Å². The maximum atomic E-state index is 14.7. The van der Waals surface area contributed by atoms with Crippen LogP contribution >= 0.6 is 0 Å². The first-order valence-electron chi connectivity index (χ1n) is 22.6. The summed E-state index contributed by atoms with van der Waals surface area (Å²) in [7, 11) is 1.46. The van der Waals surface area contributed by atoms with Crippen LogP contribution in [0.5, 0.6) is 11.5 Å². The predicted molar refractivity (Wildman–Crippen MR) is 251 cm³/mol. The number of carbonyl (C=O) groups is 5. The molecule has 4 aromatic carbocycles. The van der Waals surface area contributed by atoms with Crippen molar-refractivity contribution in [2.45, 2.75) is 82.6 Å². The fourth-order valence-electron chi connectivity index (χ4n) is 8.02. The van der Waals surface area contributed by atoms with E-state index in [0.29, 0.717) is 45.7 Å². The zero-order chi connectivity index (χ0) is 47.3. The van der Waals surface area contributed by atoms with Crippen molar-refractivity contribution in [1.82, 2.24) is 25.8 Å². The number of ether oxygens (including phenoxy) is 2. The minimum absolute atomic E-state index is 0.0512. The molecule has 4 aromatic rings. The van der Waals surface area contributed by atoms with Crippen LogP contribution in [-0.4, -0.2) is 110 Å². The third-order valence-corrected chi connectivity index (χ3v) is 11.8. The topological polar surface area (TPSA) is 248 Å². The lowest BCUT2D eigenvalue weighted by atomic mass is 9.93. The molecule has 1 saturated heterocycles. The van der Waals surface area contributed by atoms with E-state index in [2.05, 4.69) is 53.2 Å². The van der Waals surface area contributed by atoms with Gasteiger partial charge in [-0.3, -0.25) is 24.0 Å². The molecule has 2 heterocycles. The summed E-state index contributed by atoms with van der Waals surface area (Å²) < 4.78 is 12.3. The number of carbonyl (C=O) groups excluding carboxylic acids is 5.